The molecule has 0 spiro atoms. The van der Waals surface area contributed by atoms with Crippen LogP contribution in [-0.2, 0) is 16.1 Å². The number of rotatable bonds is 6. The van der Waals surface area contributed by atoms with Crippen LogP contribution >= 0.6 is 0 Å². The molecule has 1 aliphatic heterocycles. The van der Waals surface area contributed by atoms with Gasteiger partial charge in [0, 0.05) is 25.7 Å². The number of amides is 2. The molecule has 0 aliphatic carbocycles. The lowest BCUT2D eigenvalue weighted by molar-refractivity contribution is -0.135. The van der Waals surface area contributed by atoms with E-state index in [2.05, 4.69) is 10.4 Å². The number of hydrogen-bond donors (Lipinski definition) is 2. The SMILES string of the molecule is O=C(CN1CCCCCC1=O)NCc1cccc(-n2ccc(C(=O)O)n2)c1. The van der Waals surface area contributed by atoms with Crippen molar-refractivity contribution in [1.29, 1.82) is 0 Å². The fourth-order valence-corrected chi connectivity index (χ4v) is 3.03. The maximum Gasteiger partial charge on any atom is 0.356 e. The Kier molecular flexibility index (Phi) is 5.85. The molecule has 0 atom stereocenters. The molecule has 2 N–H and O–H groups in total. The van der Waals surface area contributed by atoms with Crippen molar-refractivity contribution in [1.82, 2.24) is 20.0 Å². The number of hydrogen-bond acceptors (Lipinski definition) is 4. The normalized spacial score (nSPS) is 14.7. The van der Waals surface area contributed by atoms with Crippen molar-refractivity contribution in [3.05, 3.63) is 47.8 Å². The van der Waals surface area contributed by atoms with Crippen LogP contribution in [0.1, 0.15) is 41.7 Å². The molecule has 2 heterocycles. The second kappa shape index (κ2) is 8.48. The van der Waals surface area contributed by atoms with Crippen LogP contribution in [-0.4, -0.2) is 50.7 Å². The zero-order valence-electron chi connectivity index (χ0n) is 14.9. The lowest BCUT2D eigenvalue weighted by Crippen LogP contribution is -2.40. The first-order valence-corrected chi connectivity index (χ1v) is 8.96. The van der Waals surface area contributed by atoms with E-state index in [1.54, 1.807) is 17.2 Å². The Morgan fingerprint density at radius 1 is 1.19 bits per heavy atom. The van der Waals surface area contributed by atoms with E-state index < -0.39 is 5.97 Å². The number of aromatic carboxylic acids is 1. The molecule has 0 bridgehead atoms. The van der Waals surface area contributed by atoms with E-state index >= 15 is 0 Å². The summed E-state index contributed by atoms with van der Waals surface area (Å²) in [5.74, 6) is -1.24. The van der Waals surface area contributed by atoms with Crippen molar-refractivity contribution in [3.8, 4) is 5.69 Å². The van der Waals surface area contributed by atoms with Crippen molar-refractivity contribution < 1.29 is 19.5 Å². The van der Waals surface area contributed by atoms with E-state index in [9.17, 15) is 14.4 Å². The quantitative estimate of drug-likeness (QED) is 0.803. The minimum atomic E-state index is -1.08. The summed E-state index contributed by atoms with van der Waals surface area (Å²) in [6.45, 7) is 1.04. The smallest absolute Gasteiger partial charge is 0.356 e. The monoisotopic (exact) mass is 370 g/mol. The molecule has 2 amide bonds. The first-order chi connectivity index (χ1) is 13.0. The Morgan fingerprint density at radius 3 is 2.81 bits per heavy atom. The van der Waals surface area contributed by atoms with Gasteiger partial charge in [0.15, 0.2) is 5.69 Å². The molecular weight excluding hydrogens is 348 g/mol. The first kappa shape index (κ1) is 18.6. The minimum absolute atomic E-state index is 0.0316. The second-order valence-electron chi connectivity index (χ2n) is 6.52. The van der Waals surface area contributed by atoms with Crippen molar-refractivity contribution in [3.63, 3.8) is 0 Å². The molecule has 1 aromatic carbocycles. The summed E-state index contributed by atoms with van der Waals surface area (Å²) in [6, 6.07) is 8.74. The number of nitrogens with zero attached hydrogens (tertiary/aromatic N) is 3. The highest BCUT2D eigenvalue weighted by atomic mass is 16.4. The van der Waals surface area contributed by atoms with Gasteiger partial charge in [0.05, 0.1) is 12.2 Å². The third-order valence-electron chi connectivity index (χ3n) is 4.48. The average molecular weight is 370 g/mol. The molecule has 2 aromatic rings. The van der Waals surface area contributed by atoms with Gasteiger partial charge in [-0.3, -0.25) is 9.59 Å². The van der Waals surface area contributed by atoms with Crippen LogP contribution in [0.3, 0.4) is 0 Å². The molecule has 1 aromatic heterocycles. The maximum atomic E-state index is 12.2. The zero-order valence-corrected chi connectivity index (χ0v) is 14.9. The lowest BCUT2D eigenvalue weighted by Gasteiger charge is -2.19. The Morgan fingerprint density at radius 2 is 2.04 bits per heavy atom. The molecule has 8 heteroatoms. The number of carboxylic acids is 1. The molecule has 142 valence electrons. The molecule has 8 nitrogen and oxygen atoms in total. The van der Waals surface area contributed by atoms with Gasteiger partial charge in [-0.2, -0.15) is 5.10 Å². The predicted molar refractivity (Wildman–Crippen MR) is 97.4 cm³/mol. The van der Waals surface area contributed by atoms with Crippen LogP contribution in [0.2, 0.25) is 0 Å². The number of benzene rings is 1. The number of likely N-dealkylation sites (tertiary alicyclic amines) is 1. The maximum absolute atomic E-state index is 12.2. The van der Waals surface area contributed by atoms with Crippen molar-refractivity contribution in [2.45, 2.75) is 32.2 Å². The molecule has 0 saturated carbocycles. The third kappa shape index (κ3) is 4.93. The van der Waals surface area contributed by atoms with E-state index in [1.165, 1.54) is 10.7 Å². The summed E-state index contributed by atoms with van der Waals surface area (Å²) < 4.78 is 1.48. The van der Waals surface area contributed by atoms with Gasteiger partial charge in [-0.15, -0.1) is 0 Å². The highest BCUT2D eigenvalue weighted by Crippen LogP contribution is 2.12. The van der Waals surface area contributed by atoms with Gasteiger partial charge in [-0.05, 0) is 36.6 Å². The summed E-state index contributed by atoms with van der Waals surface area (Å²) in [5, 5.41) is 15.8. The topological polar surface area (TPSA) is 105 Å². The summed E-state index contributed by atoms with van der Waals surface area (Å²) >= 11 is 0. The second-order valence-corrected chi connectivity index (χ2v) is 6.52. The molecule has 1 aliphatic rings. The fraction of sp³-hybridized carbons (Fsp3) is 0.368. The van der Waals surface area contributed by atoms with Gasteiger partial charge in [-0.25, -0.2) is 9.48 Å². The van der Waals surface area contributed by atoms with Gasteiger partial charge in [0.25, 0.3) is 0 Å². The summed E-state index contributed by atoms with van der Waals surface area (Å²) in [5.41, 5.74) is 1.53. The van der Waals surface area contributed by atoms with E-state index in [4.69, 9.17) is 5.11 Å². The number of carbonyl (C=O) groups excluding carboxylic acids is 2. The van der Waals surface area contributed by atoms with Crippen LogP contribution in [0.4, 0.5) is 0 Å². The summed E-state index contributed by atoms with van der Waals surface area (Å²) in [6.07, 6.45) is 4.93. The van der Waals surface area contributed by atoms with Crippen LogP contribution in [0.15, 0.2) is 36.5 Å². The van der Waals surface area contributed by atoms with E-state index in [1.807, 2.05) is 18.2 Å². The van der Waals surface area contributed by atoms with Crippen molar-refractivity contribution in [2.24, 2.45) is 0 Å². The van der Waals surface area contributed by atoms with Gasteiger partial charge >= 0.3 is 5.97 Å². The van der Waals surface area contributed by atoms with E-state index in [-0.39, 0.29) is 24.1 Å². The minimum Gasteiger partial charge on any atom is -0.476 e. The van der Waals surface area contributed by atoms with Gasteiger partial charge in [0.1, 0.15) is 0 Å². The van der Waals surface area contributed by atoms with Crippen molar-refractivity contribution in [2.75, 3.05) is 13.1 Å². The predicted octanol–water partition coefficient (Wildman–Crippen LogP) is 1.59. The van der Waals surface area contributed by atoms with Gasteiger partial charge in [0.2, 0.25) is 11.8 Å². The van der Waals surface area contributed by atoms with Crippen LogP contribution in [0.5, 0.6) is 0 Å². The summed E-state index contributed by atoms with van der Waals surface area (Å²) in [7, 11) is 0. The number of carboxylic acid groups (broad SMARTS) is 1. The molecular formula is C19H22N4O4. The summed E-state index contributed by atoms with van der Waals surface area (Å²) in [4.78, 5) is 36.7. The Hall–Kier alpha value is -3.16. The third-order valence-corrected chi connectivity index (χ3v) is 4.48. The number of nitrogens with one attached hydrogen (secondary N) is 1. The highest BCUT2D eigenvalue weighted by Gasteiger charge is 2.19. The highest BCUT2D eigenvalue weighted by molar-refractivity contribution is 5.85. The first-order valence-electron chi connectivity index (χ1n) is 8.96. The Balaban J connectivity index is 1.58. The van der Waals surface area contributed by atoms with Crippen molar-refractivity contribution >= 4 is 17.8 Å². The van der Waals surface area contributed by atoms with Crippen LogP contribution in [0, 0.1) is 0 Å². The lowest BCUT2D eigenvalue weighted by atomic mass is 10.2. The van der Waals surface area contributed by atoms with Gasteiger partial charge in [-0.1, -0.05) is 18.6 Å². The molecule has 1 saturated heterocycles. The molecule has 3 rings (SSSR count). The van der Waals surface area contributed by atoms with Crippen LogP contribution < -0.4 is 5.32 Å². The number of carbonyl (C=O) groups is 3. The van der Waals surface area contributed by atoms with Gasteiger partial charge < -0.3 is 15.3 Å². The Labute approximate surface area is 156 Å². The molecule has 27 heavy (non-hydrogen) atoms. The largest absolute Gasteiger partial charge is 0.476 e. The standard InChI is InChI=1S/C19H22N4O4/c24-17(13-22-9-3-1-2-7-18(22)25)20-12-14-5-4-6-15(11-14)23-10-8-16(21-23)19(26)27/h4-6,8,10-11H,1-3,7,9,12-13H2,(H,20,24)(H,26,27). The van der Waals surface area contributed by atoms with E-state index in [0.29, 0.717) is 25.2 Å². The zero-order chi connectivity index (χ0) is 19.2. The Bertz CT molecular complexity index is 846. The molecule has 0 radical (unpaired) electrons. The molecule has 0 unspecified atom stereocenters. The average Bonchev–Trinajstić information content (AvgIpc) is 3.07. The fourth-order valence-electron chi connectivity index (χ4n) is 3.03. The number of aromatic nitrogens is 2. The van der Waals surface area contributed by atoms with E-state index in [0.717, 1.165) is 24.8 Å². The van der Waals surface area contributed by atoms with Crippen LogP contribution in [0.25, 0.3) is 5.69 Å². The molecule has 1 fully saturated rings.